The number of aryl methyl sites for hydroxylation is 1. The van der Waals surface area contributed by atoms with E-state index in [9.17, 15) is 23.9 Å². The molecule has 1 atom stereocenters. The van der Waals surface area contributed by atoms with Crippen molar-refractivity contribution in [2.24, 2.45) is 0 Å². The van der Waals surface area contributed by atoms with Crippen LogP contribution < -0.4 is 4.90 Å². The predicted molar refractivity (Wildman–Crippen MR) is 122 cm³/mol. The van der Waals surface area contributed by atoms with Gasteiger partial charge in [0.25, 0.3) is 17.6 Å². The Kier molecular flexibility index (Phi) is 5.57. The van der Waals surface area contributed by atoms with E-state index in [-0.39, 0.29) is 17.7 Å². The maximum Gasteiger partial charge on any atom is 0.296 e. The number of nitrogens with zero attached hydrogens (tertiary/aromatic N) is 3. The maximum atomic E-state index is 14.3. The zero-order chi connectivity index (χ0) is 24.1. The van der Waals surface area contributed by atoms with Gasteiger partial charge in [0.05, 0.1) is 5.57 Å². The zero-order valence-corrected chi connectivity index (χ0v) is 19.1. The van der Waals surface area contributed by atoms with Crippen molar-refractivity contribution in [3.05, 3.63) is 70.5 Å². The summed E-state index contributed by atoms with van der Waals surface area (Å²) in [6.07, 6.45) is 0.514. The van der Waals surface area contributed by atoms with Crippen LogP contribution in [0.2, 0.25) is 0 Å². The van der Waals surface area contributed by atoms with E-state index in [1.807, 2.05) is 19.0 Å². The van der Waals surface area contributed by atoms with Crippen molar-refractivity contribution in [1.29, 1.82) is 0 Å². The van der Waals surface area contributed by atoms with E-state index >= 15 is 0 Å². The van der Waals surface area contributed by atoms with Crippen LogP contribution in [-0.4, -0.2) is 66.7 Å². The molecule has 2 aliphatic heterocycles. The molecule has 0 radical (unpaired) electrons. The number of halogens is 1. The van der Waals surface area contributed by atoms with Gasteiger partial charge in [-0.2, -0.15) is 0 Å². The zero-order valence-electron chi connectivity index (χ0n) is 19.1. The number of carbonyl (C=O) groups is 3. The number of para-hydroxylation sites is 1. The van der Waals surface area contributed by atoms with Crippen LogP contribution in [0.15, 0.2) is 48.0 Å². The van der Waals surface area contributed by atoms with Gasteiger partial charge in [-0.15, -0.1) is 0 Å². The minimum Gasteiger partial charge on any atom is -0.507 e. The normalized spacial score (nSPS) is 21.6. The molecular weight excluding hydrogens is 425 g/mol. The second-order valence-corrected chi connectivity index (χ2v) is 8.72. The number of aliphatic hydroxyl groups is 1. The average Bonchev–Trinajstić information content (AvgIpc) is 3.14. The highest BCUT2D eigenvalue weighted by molar-refractivity contribution is 6.50. The summed E-state index contributed by atoms with van der Waals surface area (Å²) in [5, 5.41) is 11.2. The molecule has 4 rings (SSSR count). The quantitative estimate of drug-likeness (QED) is 0.430. The number of hydrogen-bond acceptors (Lipinski definition) is 5. The fourth-order valence-electron chi connectivity index (χ4n) is 4.70. The molecule has 172 valence electrons. The van der Waals surface area contributed by atoms with Crippen LogP contribution in [0.1, 0.15) is 23.1 Å². The Morgan fingerprint density at radius 3 is 2.48 bits per heavy atom. The summed E-state index contributed by atoms with van der Waals surface area (Å²) in [6, 6.07) is 10.9. The van der Waals surface area contributed by atoms with Gasteiger partial charge in [0.15, 0.2) is 5.54 Å². The van der Waals surface area contributed by atoms with Crippen molar-refractivity contribution >= 4 is 29.0 Å². The highest BCUT2D eigenvalue weighted by Crippen LogP contribution is 2.53. The van der Waals surface area contributed by atoms with Gasteiger partial charge in [-0.05, 0) is 51.7 Å². The van der Waals surface area contributed by atoms with Crippen LogP contribution in [0.3, 0.4) is 0 Å². The number of hydrogen-bond donors (Lipinski definition) is 1. The second-order valence-electron chi connectivity index (χ2n) is 8.72. The lowest BCUT2D eigenvalue weighted by atomic mass is 9.81. The second kappa shape index (κ2) is 8.12. The molecule has 1 saturated heterocycles. The Bertz CT molecular complexity index is 1210. The largest absolute Gasteiger partial charge is 0.507 e. The summed E-state index contributed by atoms with van der Waals surface area (Å²) in [5.74, 6) is -3.47. The molecule has 2 aromatic rings. The first kappa shape index (κ1) is 22.7. The van der Waals surface area contributed by atoms with E-state index in [1.165, 1.54) is 21.9 Å². The lowest BCUT2D eigenvalue weighted by Crippen LogP contribution is -2.51. The Balaban J connectivity index is 2.00. The van der Waals surface area contributed by atoms with Crippen LogP contribution >= 0.6 is 0 Å². The molecule has 7 nitrogen and oxygen atoms in total. The van der Waals surface area contributed by atoms with E-state index in [1.54, 1.807) is 38.2 Å². The van der Waals surface area contributed by atoms with Crippen molar-refractivity contribution in [3.8, 4) is 0 Å². The Morgan fingerprint density at radius 2 is 1.82 bits per heavy atom. The number of ketones is 1. The number of benzene rings is 2. The molecule has 2 amide bonds. The Hall–Kier alpha value is -3.52. The molecule has 1 fully saturated rings. The molecule has 1 N–H and O–H groups in total. The third kappa shape index (κ3) is 3.24. The highest BCUT2D eigenvalue weighted by atomic mass is 19.1. The molecule has 8 heteroatoms. The van der Waals surface area contributed by atoms with Crippen LogP contribution in [0.4, 0.5) is 10.1 Å². The Morgan fingerprint density at radius 1 is 1.12 bits per heavy atom. The molecule has 2 aliphatic rings. The molecular formula is C25H26FN3O4. The number of anilines is 1. The van der Waals surface area contributed by atoms with Gasteiger partial charge in [0.2, 0.25) is 0 Å². The fourth-order valence-corrected chi connectivity index (χ4v) is 4.70. The number of aliphatic hydroxyl groups excluding tert-OH is 1. The van der Waals surface area contributed by atoms with Gasteiger partial charge in [0.1, 0.15) is 11.6 Å². The first-order valence-corrected chi connectivity index (χ1v) is 10.7. The summed E-state index contributed by atoms with van der Waals surface area (Å²) in [7, 11) is 5.35. The summed E-state index contributed by atoms with van der Waals surface area (Å²) in [6.45, 7) is 2.34. The number of likely N-dealkylation sites (N-methyl/N-ethyl adjacent to an activating group) is 1. The Labute approximate surface area is 191 Å². The SMILES string of the molecule is Cc1ccc(/C(O)=C2/C(=O)C(=O)N(CCCN(C)C)C23C(=O)N(C)c2ccccc23)cc1F. The number of likely N-dealkylation sites (tertiary alicyclic amines) is 1. The van der Waals surface area contributed by atoms with Gasteiger partial charge in [-0.3, -0.25) is 14.4 Å². The van der Waals surface area contributed by atoms with E-state index in [4.69, 9.17) is 0 Å². The number of Topliss-reactive ketones (excluding diaryl/α,β-unsaturated/α-hetero) is 1. The van der Waals surface area contributed by atoms with Crippen molar-refractivity contribution in [1.82, 2.24) is 9.80 Å². The predicted octanol–water partition coefficient (Wildman–Crippen LogP) is 2.64. The van der Waals surface area contributed by atoms with Crippen LogP contribution in [-0.2, 0) is 19.9 Å². The number of rotatable bonds is 5. The van der Waals surface area contributed by atoms with Gasteiger partial charge in [-0.25, -0.2) is 4.39 Å². The molecule has 33 heavy (non-hydrogen) atoms. The third-order valence-electron chi connectivity index (χ3n) is 6.37. The fraction of sp³-hybridized carbons (Fsp3) is 0.320. The molecule has 2 aromatic carbocycles. The first-order valence-electron chi connectivity index (χ1n) is 10.7. The maximum absolute atomic E-state index is 14.3. The van der Waals surface area contributed by atoms with Crippen molar-refractivity contribution in [2.75, 3.05) is 39.1 Å². The first-order chi connectivity index (χ1) is 15.6. The van der Waals surface area contributed by atoms with E-state index < -0.39 is 34.7 Å². The number of carbonyl (C=O) groups excluding carboxylic acids is 3. The van der Waals surface area contributed by atoms with Crippen LogP contribution in [0.25, 0.3) is 5.76 Å². The van der Waals surface area contributed by atoms with E-state index in [2.05, 4.69) is 0 Å². The molecule has 0 saturated carbocycles. The minimum absolute atomic E-state index is 0.0311. The summed E-state index contributed by atoms with van der Waals surface area (Å²) >= 11 is 0. The van der Waals surface area contributed by atoms with Gasteiger partial charge in [-0.1, -0.05) is 30.3 Å². The number of amides is 2. The summed E-state index contributed by atoms with van der Waals surface area (Å²) < 4.78 is 14.3. The van der Waals surface area contributed by atoms with Crippen LogP contribution in [0, 0.1) is 12.7 Å². The lowest BCUT2D eigenvalue weighted by molar-refractivity contribution is -0.143. The molecule has 1 unspecified atom stereocenters. The third-order valence-corrected chi connectivity index (χ3v) is 6.37. The van der Waals surface area contributed by atoms with E-state index in [0.717, 1.165) is 6.07 Å². The van der Waals surface area contributed by atoms with E-state index in [0.29, 0.717) is 29.8 Å². The van der Waals surface area contributed by atoms with Crippen molar-refractivity contribution < 1.29 is 23.9 Å². The molecule has 0 bridgehead atoms. The summed E-state index contributed by atoms with van der Waals surface area (Å²) in [5.41, 5.74) is -0.755. The monoisotopic (exact) mass is 451 g/mol. The summed E-state index contributed by atoms with van der Waals surface area (Å²) in [4.78, 5) is 45.0. The number of fused-ring (bicyclic) bond motifs is 2. The molecule has 0 aliphatic carbocycles. The van der Waals surface area contributed by atoms with Crippen molar-refractivity contribution in [2.45, 2.75) is 18.9 Å². The van der Waals surface area contributed by atoms with Crippen LogP contribution in [0.5, 0.6) is 0 Å². The standard InChI is InChI=1S/C25H26FN3O4/c1-15-10-11-16(14-18(15)26)21(30)20-22(31)23(32)29(13-7-12-27(2)3)25(20)17-8-5-6-9-19(17)28(4)24(25)33/h5-6,8-11,14,30H,7,12-13H2,1-4H3/b21-20+. The smallest absolute Gasteiger partial charge is 0.296 e. The molecule has 1 spiro atoms. The minimum atomic E-state index is -1.81. The van der Waals surface area contributed by atoms with Gasteiger partial charge in [0, 0.05) is 30.4 Å². The molecule has 2 heterocycles. The highest BCUT2D eigenvalue weighted by Gasteiger charge is 2.66. The van der Waals surface area contributed by atoms with Gasteiger partial charge >= 0.3 is 0 Å². The topological polar surface area (TPSA) is 81.2 Å². The lowest BCUT2D eigenvalue weighted by Gasteiger charge is -2.34. The van der Waals surface area contributed by atoms with Crippen molar-refractivity contribution in [3.63, 3.8) is 0 Å². The average molecular weight is 451 g/mol. The molecule has 0 aromatic heterocycles. The van der Waals surface area contributed by atoms with Gasteiger partial charge < -0.3 is 19.8 Å².